The molecule has 2 rings (SSSR count). The zero-order valence-corrected chi connectivity index (χ0v) is 15.2. The van der Waals surface area contributed by atoms with E-state index in [9.17, 15) is 9.90 Å². The number of nitrogens with zero attached hydrogens (tertiary/aromatic N) is 1. The van der Waals surface area contributed by atoms with E-state index in [0.717, 1.165) is 31.4 Å². The third-order valence-electron chi connectivity index (χ3n) is 4.10. The molecule has 0 bridgehead atoms. The molecule has 2 atom stereocenters. The molecule has 0 saturated carbocycles. The van der Waals surface area contributed by atoms with E-state index in [1.807, 2.05) is 18.2 Å². The number of aliphatic hydroxyl groups excluding tert-OH is 1. The van der Waals surface area contributed by atoms with Crippen molar-refractivity contribution in [3.63, 3.8) is 0 Å². The van der Waals surface area contributed by atoms with Crippen LogP contribution in [-0.2, 0) is 11.2 Å². The summed E-state index contributed by atoms with van der Waals surface area (Å²) in [5.41, 5.74) is 1.21. The number of carbonyl (C=O) groups is 1. The summed E-state index contributed by atoms with van der Waals surface area (Å²) in [7, 11) is 0. The third-order valence-corrected chi connectivity index (χ3v) is 5.64. The van der Waals surface area contributed by atoms with Crippen LogP contribution in [0.1, 0.15) is 44.6 Å². The highest BCUT2D eigenvalue weighted by atomic mass is 32.2. The fourth-order valence-corrected chi connectivity index (χ4v) is 4.28. The summed E-state index contributed by atoms with van der Waals surface area (Å²) in [4.78, 5) is 14.3. The highest BCUT2D eigenvalue weighted by molar-refractivity contribution is 8.23. The van der Waals surface area contributed by atoms with Crippen molar-refractivity contribution in [3.05, 3.63) is 35.9 Å². The number of hydrogen-bond acceptors (Lipinski definition) is 4. The molecular weight excluding hydrogens is 326 g/mol. The SMILES string of the molecule is CCCCC[C@@H](O)CC(=O)N1C(=S)SC[C@H]1Cc1ccccc1. The molecule has 0 unspecified atom stereocenters. The Morgan fingerprint density at radius 3 is 2.83 bits per heavy atom. The Bertz CT molecular complexity index is 521. The van der Waals surface area contributed by atoms with Gasteiger partial charge in [0.2, 0.25) is 5.91 Å². The van der Waals surface area contributed by atoms with E-state index in [2.05, 4.69) is 19.1 Å². The van der Waals surface area contributed by atoms with Crippen molar-refractivity contribution in [1.82, 2.24) is 4.90 Å². The van der Waals surface area contributed by atoms with E-state index in [4.69, 9.17) is 12.2 Å². The molecule has 23 heavy (non-hydrogen) atoms. The Balaban J connectivity index is 1.92. The van der Waals surface area contributed by atoms with Crippen LogP contribution in [0.2, 0.25) is 0 Å². The number of benzene rings is 1. The van der Waals surface area contributed by atoms with E-state index >= 15 is 0 Å². The van der Waals surface area contributed by atoms with Gasteiger partial charge in [-0.25, -0.2) is 0 Å². The number of carbonyl (C=O) groups excluding carboxylic acids is 1. The maximum Gasteiger partial charge on any atom is 0.230 e. The number of rotatable bonds is 8. The summed E-state index contributed by atoms with van der Waals surface area (Å²) in [5, 5.41) is 10.1. The molecule has 0 spiro atoms. The lowest BCUT2D eigenvalue weighted by atomic mass is 10.0. The Hall–Kier alpha value is -0.910. The number of thiocarbonyl (C=S) groups is 1. The minimum absolute atomic E-state index is 0.0371. The van der Waals surface area contributed by atoms with Crippen LogP contribution in [-0.4, -0.2) is 38.1 Å². The molecule has 5 heteroatoms. The fourth-order valence-electron chi connectivity index (χ4n) is 2.83. The molecule has 1 aromatic carbocycles. The molecule has 126 valence electrons. The Labute approximate surface area is 148 Å². The molecule has 1 aliphatic heterocycles. The minimum atomic E-state index is -0.556. The molecule has 1 fully saturated rings. The number of thioether (sulfide) groups is 1. The third kappa shape index (κ3) is 5.59. The van der Waals surface area contributed by atoms with Crippen molar-refractivity contribution in [3.8, 4) is 0 Å². The van der Waals surface area contributed by atoms with Gasteiger partial charge in [0, 0.05) is 5.75 Å². The summed E-state index contributed by atoms with van der Waals surface area (Å²) in [6, 6.07) is 10.3. The van der Waals surface area contributed by atoms with Crippen LogP contribution in [0.25, 0.3) is 0 Å². The standard InChI is InChI=1S/C18H25NO2S2/c1-2-3-5-10-16(20)12-17(21)19-15(13-23-18(19)22)11-14-8-6-4-7-9-14/h4,6-9,15-16,20H,2-3,5,10-13H2,1H3/t15-,16-/m1/s1. The van der Waals surface area contributed by atoms with Gasteiger partial charge in [-0.05, 0) is 18.4 Å². The maximum absolute atomic E-state index is 12.6. The van der Waals surface area contributed by atoms with Gasteiger partial charge in [0.15, 0.2) is 0 Å². The van der Waals surface area contributed by atoms with E-state index in [0.29, 0.717) is 10.7 Å². The van der Waals surface area contributed by atoms with Crippen LogP contribution in [0.5, 0.6) is 0 Å². The van der Waals surface area contributed by atoms with Crippen LogP contribution >= 0.6 is 24.0 Å². The van der Waals surface area contributed by atoms with Crippen molar-refractivity contribution >= 4 is 34.2 Å². The van der Waals surface area contributed by atoms with E-state index in [1.165, 1.54) is 5.56 Å². The van der Waals surface area contributed by atoms with Crippen molar-refractivity contribution in [2.75, 3.05) is 5.75 Å². The lowest BCUT2D eigenvalue weighted by molar-refractivity contribution is -0.130. The first-order chi connectivity index (χ1) is 11.1. The van der Waals surface area contributed by atoms with Crippen LogP contribution in [0.3, 0.4) is 0 Å². The van der Waals surface area contributed by atoms with Gasteiger partial charge >= 0.3 is 0 Å². The molecule has 3 nitrogen and oxygen atoms in total. The van der Waals surface area contributed by atoms with Gasteiger partial charge in [-0.3, -0.25) is 9.69 Å². The zero-order valence-electron chi connectivity index (χ0n) is 13.6. The molecular formula is C18H25NO2S2. The molecule has 1 N–H and O–H groups in total. The van der Waals surface area contributed by atoms with Crippen LogP contribution in [0.15, 0.2) is 30.3 Å². The fraction of sp³-hybridized carbons (Fsp3) is 0.556. The predicted molar refractivity (Wildman–Crippen MR) is 101 cm³/mol. The topological polar surface area (TPSA) is 40.5 Å². The zero-order chi connectivity index (χ0) is 16.7. The largest absolute Gasteiger partial charge is 0.393 e. The first kappa shape index (κ1) is 18.4. The monoisotopic (exact) mass is 351 g/mol. The van der Waals surface area contributed by atoms with Crippen LogP contribution in [0.4, 0.5) is 0 Å². The Morgan fingerprint density at radius 2 is 2.13 bits per heavy atom. The summed E-state index contributed by atoms with van der Waals surface area (Å²) in [6.45, 7) is 2.13. The summed E-state index contributed by atoms with van der Waals surface area (Å²) >= 11 is 6.92. The predicted octanol–water partition coefficient (Wildman–Crippen LogP) is 3.79. The van der Waals surface area contributed by atoms with Crippen LogP contribution < -0.4 is 0 Å². The Morgan fingerprint density at radius 1 is 1.39 bits per heavy atom. The van der Waals surface area contributed by atoms with E-state index < -0.39 is 6.10 Å². The average Bonchev–Trinajstić information content (AvgIpc) is 2.89. The number of amides is 1. The molecule has 1 aromatic rings. The normalized spacial score (nSPS) is 19.1. The van der Waals surface area contributed by atoms with Gasteiger partial charge < -0.3 is 5.11 Å². The molecule has 1 heterocycles. The lowest BCUT2D eigenvalue weighted by Crippen LogP contribution is -2.41. The van der Waals surface area contributed by atoms with Crippen molar-refractivity contribution < 1.29 is 9.90 Å². The van der Waals surface area contributed by atoms with Gasteiger partial charge in [0.05, 0.1) is 18.6 Å². The second kappa shape index (κ2) is 9.40. The Kier molecular flexibility index (Phi) is 7.53. The number of aliphatic hydroxyl groups is 1. The van der Waals surface area contributed by atoms with Crippen molar-refractivity contribution in [2.45, 2.75) is 57.6 Å². The lowest BCUT2D eigenvalue weighted by Gasteiger charge is -2.25. The van der Waals surface area contributed by atoms with Crippen molar-refractivity contribution in [2.24, 2.45) is 0 Å². The molecule has 1 aliphatic rings. The average molecular weight is 352 g/mol. The molecule has 0 radical (unpaired) electrons. The highest BCUT2D eigenvalue weighted by Gasteiger charge is 2.34. The van der Waals surface area contributed by atoms with E-state index in [1.54, 1.807) is 16.7 Å². The molecule has 0 aromatic heterocycles. The summed E-state index contributed by atoms with van der Waals surface area (Å²) < 4.78 is 0.650. The minimum Gasteiger partial charge on any atom is -0.393 e. The van der Waals surface area contributed by atoms with Crippen molar-refractivity contribution in [1.29, 1.82) is 0 Å². The van der Waals surface area contributed by atoms with Gasteiger partial charge in [0.25, 0.3) is 0 Å². The second-order valence-corrected chi connectivity index (χ2v) is 7.69. The molecule has 1 saturated heterocycles. The van der Waals surface area contributed by atoms with Gasteiger partial charge in [-0.15, -0.1) is 0 Å². The quantitative estimate of drug-likeness (QED) is 0.571. The number of unbranched alkanes of at least 4 members (excludes halogenated alkanes) is 2. The summed E-state index contributed by atoms with van der Waals surface area (Å²) in [6.07, 6.45) is 4.31. The van der Waals surface area contributed by atoms with Gasteiger partial charge in [-0.2, -0.15) is 0 Å². The first-order valence-electron chi connectivity index (χ1n) is 8.32. The van der Waals surface area contributed by atoms with Gasteiger partial charge in [-0.1, -0.05) is 80.5 Å². The second-order valence-electron chi connectivity index (χ2n) is 6.04. The smallest absolute Gasteiger partial charge is 0.230 e. The maximum atomic E-state index is 12.6. The van der Waals surface area contributed by atoms with Crippen LogP contribution in [0, 0.1) is 0 Å². The molecule has 1 amide bonds. The number of hydrogen-bond donors (Lipinski definition) is 1. The molecule has 0 aliphatic carbocycles. The summed E-state index contributed by atoms with van der Waals surface area (Å²) in [5.74, 6) is 0.802. The first-order valence-corrected chi connectivity index (χ1v) is 9.72. The van der Waals surface area contributed by atoms with E-state index in [-0.39, 0.29) is 18.4 Å². The highest BCUT2D eigenvalue weighted by Crippen LogP contribution is 2.28. The van der Waals surface area contributed by atoms with Gasteiger partial charge in [0.1, 0.15) is 4.32 Å².